The maximum absolute atomic E-state index is 3.68. The first-order valence-corrected chi connectivity index (χ1v) is 10.4. The smallest absolute Gasteiger partial charge is 0.0456 e. The predicted molar refractivity (Wildman–Crippen MR) is 108 cm³/mol. The minimum absolute atomic E-state index is 0.732. The van der Waals surface area contributed by atoms with Crippen LogP contribution in [0.25, 0.3) is 10.9 Å². The van der Waals surface area contributed by atoms with Gasteiger partial charge in [0.25, 0.3) is 0 Å². The van der Waals surface area contributed by atoms with Gasteiger partial charge < -0.3 is 15.2 Å². The number of nitrogens with one attached hydrogen (secondary N) is 2. The van der Waals surface area contributed by atoms with Gasteiger partial charge in [0.1, 0.15) is 0 Å². The second-order valence-corrected chi connectivity index (χ2v) is 7.34. The number of hydrogen-bond acceptors (Lipinski definition) is 2. The molecule has 138 valence electrons. The molecule has 3 nitrogen and oxygen atoms in total. The van der Waals surface area contributed by atoms with E-state index in [9.17, 15) is 0 Å². The number of aromatic amines is 1. The van der Waals surface area contributed by atoms with Crippen molar-refractivity contribution in [1.29, 1.82) is 0 Å². The number of hydrogen-bond donors (Lipinski definition) is 2. The molecule has 2 aliphatic heterocycles. The van der Waals surface area contributed by atoms with Crippen LogP contribution in [0.5, 0.6) is 0 Å². The zero-order chi connectivity index (χ0) is 17.5. The molecule has 1 aromatic heterocycles. The van der Waals surface area contributed by atoms with Crippen LogP contribution in [0.4, 0.5) is 0 Å². The van der Waals surface area contributed by atoms with Crippen LogP contribution in [0.3, 0.4) is 0 Å². The van der Waals surface area contributed by atoms with Gasteiger partial charge in [-0.2, -0.15) is 0 Å². The SMILES string of the molecule is CC.c1ccc2c(C3CCN(CC[C@@H]4CCCCN4)CC3)c[nH]c2c1. The third kappa shape index (κ3) is 4.65. The molecule has 0 radical (unpaired) electrons. The van der Waals surface area contributed by atoms with Crippen LogP contribution in [0, 0.1) is 0 Å². The Morgan fingerprint density at radius 1 is 1.04 bits per heavy atom. The molecule has 2 N–H and O–H groups in total. The van der Waals surface area contributed by atoms with Crippen molar-refractivity contribution in [2.75, 3.05) is 26.2 Å². The molecule has 2 saturated heterocycles. The molecule has 4 rings (SSSR count). The number of nitrogens with zero attached hydrogens (tertiary/aromatic N) is 1. The van der Waals surface area contributed by atoms with Gasteiger partial charge in [0.15, 0.2) is 0 Å². The van der Waals surface area contributed by atoms with E-state index in [2.05, 4.69) is 45.7 Å². The number of aromatic nitrogens is 1. The topological polar surface area (TPSA) is 31.1 Å². The van der Waals surface area contributed by atoms with E-state index in [1.165, 1.54) is 81.2 Å². The summed E-state index contributed by atoms with van der Waals surface area (Å²) in [4.78, 5) is 6.13. The van der Waals surface area contributed by atoms with Crippen molar-refractivity contribution >= 4 is 10.9 Å². The monoisotopic (exact) mass is 341 g/mol. The van der Waals surface area contributed by atoms with E-state index in [1.807, 2.05) is 13.8 Å². The van der Waals surface area contributed by atoms with E-state index in [4.69, 9.17) is 0 Å². The van der Waals surface area contributed by atoms with E-state index >= 15 is 0 Å². The standard InChI is InChI=1S/C20H29N3.C2H6/c1-2-7-20-18(6-1)19(15-22-20)16-8-12-23(13-9-16)14-10-17-5-3-4-11-21-17;1-2/h1-2,6-7,15-17,21-22H,3-5,8-14H2;1-2H3/t17-;/m0./s1. The summed E-state index contributed by atoms with van der Waals surface area (Å²) < 4.78 is 0. The molecular formula is C22H35N3. The number of rotatable bonds is 4. The summed E-state index contributed by atoms with van der Waals surface area (Å²) in [5.41, 5.74) is 2.82. The zero-order valence-electron chi connectivity index (χ0n) is 16.1. The van der Waals surface area contributed by atoms with Gasteiger partial charge in [0, 0.05) is 23.1 Å². The lowest BCUT2D eigenvalue weighted by Crippen LogP contribution is -2.39. The molecule has 1 aromatic carbocycles. The highest BCUT2D eigenvalue weighted by atomic mass is 15.1. The number of para-hydroxylation sites is 1. The number of H-pyrrole nitrogens is 1. The summed E-state index contributed by atoms with van der Waals surface area (Å²) in [7, 11) is 0. The lowest BCUT2D eigenvalue weighted by atomic mass is 9.89. The minimum atomic E-state index is 0.732. The van der Waals surface area contributed by atoms with Gasteiger partial charge >= 0.3 is 0 Å². The first kappa shape index (κ1) is 18.5. The highest BCUT2D eigenvalue weighted by Crippen LogP contribution is 2.33. The molecule has 3 heterocycles. The van der Waals surface area contributed by atoms with Gasteiger partial charge in [-0.15, -0.1) is 0 Å². The first-order valence-electron chi connectivity index (χ1n) is 10.4. The molecule has 1 atom stereocenters. The van der Waals surface area contributed by atoms with Gasteiger partial charge in [0.2, 0.25) is 0 Å². The molecule has 2 aliphatic rings. The lowest BCUT2D eigenvalue weighted by molar-refractivity contribution is 0.198. The Balaban J connectivity index is 0.000000880. The van der Waals surface area contributed by atoms with Crippen molar-refractivity contribution in [1.82, 2.24) is 15.2 Å². The molecule has 0 spiro atoms. The van der Waals surface area contributed by atoms with Crippen LogP contribution >= 0.6 is 0 Å². The van der Waals surface area contributed by atoms with Crippen molar-refractivity contribution < 1.29 is 0 Å². The van der Waals surface area contributed by atoms with Crippen molar-refractivity contribution in [2.45, 2.75) is 64.3 Å². The maximum atomic E-state index is 3.68. The van der Waals surface area contributed by atoms with E-state index in [-0.39, 0.29) is 0 Å². The van der Waals surface area contributed by atoms with Crippen LogP contribution in [-0.2, 0) is 0 Å². The molecule has 0 bridgehead atoms. The van der Waals surface area contributed by atoms with Crippen LogP contribution in [0.15, 0.2) is 30.5 Å². The highest BCUT2D eigenvalue weighted by molar-refractivity contribution is 5.83. The highest BCUT2D eigenvalue weighted by Gasteiger charge is 2.23. The number of fused-ring (bicyclic) bond motifs is 1. The lowest BCUT2D eigenvalue weighted by Gasteiger charge is -2.33. The van der Waals surface area contributed by atoms with Gasteiger partial charge in [0.05, 0.1) is 0 Å². The largest absolute Gasteiger partial charge is 0.361 e. The normalized spacial score (nSPS) is 22.6. The van der Waals surface area contributed by atoms with Gasteiger partial charge in [-0.1, -0.05) is 38.5 Å². The fraction of sp³-hybridized carbons (Fsp3) is 0.636. The van der Waals surface area contributed by atoms with Gasteiger partial charge in [-0.05, 0) is 75.8 Å². The Morgan fingerprint density at radius 2 is 1.84 bits per heavy atom. The van der Waals surface area contributed by atoms with Crippen LogP contribution in [-0.4, -0.2) is 42.1 Å². The van der Waals surface area contributed by atoms with Crippen molar-refractivity contribution in [3.05, 3.63) is 36.0 Å². The zero-order valence-corrected chi connectivity index (χ0v) is 16.1. The molecule has 25 heavy (non-hydrogen) atoms. The Hall–Kier alpha value is -1.32. The van der Waals surface area contributed by atoms with Crippen molar-refractivity contribution in [3.63, 3.8) is 0 Å². The second kappa shape index (κ2) is 9.40. The summed E-state index contributed by atoms with van der Waals surface area (Å²) in [5, 5.41) is 5.11. The van der Waals surface area contributed by atoms with Crippen LogP contribution in [0.1, 0.15) is 63.9 Å². The Morgan fingerprint density at radius 3 is 2.60 bits per heavy atom. The number of piperidine rings is 2. The van der Waals surface area contributed by atoms with Crippen LogP contribution in [0.2, 0.25) is 0 Å². The van der Waals surface area contributed by atoms with Gasteiger partial charge in [-0.25, -0.2) is 0 Å². The third-order valence-electron chi connectivity index (χ3n) is 5.85. The fourth-order valence-corrected chi connectivity index (χ4v) is 4.41. The molecule has 0 unspecified atom stereocenters. The minimum Gasteiger partial charge on any atom is -0.361 e. The number of likely N-dealkylation sites (tertiary alicyclic amines) is 1. The molecule has 0 aliphatic carbocycles. The number of benzene rings is 1. The van der Waals surface area contributed by atoms with E-state index in [1.54, 1.807) is 0 Å². The fourth-order valence-electron chi connectivity index (χ4n) is 4.41. The van der Waals surface area contributed by atoms with Crippen molar-refractivity contribution in [2.24, 2.45) is 0 Å². The molecule has 2 fully saturated rings. The van der Waals surface area contributed by atoms with E-state index < -0.39 is 0 Å². The molecular weight excluding hydrogens is 306 g/mol. The Kier molecular flexibility index (Phi) is 6.94. The van der Waals surface area contributed by atoms with Crippen LogP contribution < -0.4 is 5.32 Å². The third-order valence-corrected chi connectivity index (χ3v) is 5.85. The Bertz CT molecular complexity index is 619. The molecule has 3 heteroatoms. The Labute approximate surface area is 153 Å². The quantitative estimate of drug-likeness (QED) is 0.828. The average molecular weight is 342 g/mol. The summed E-state index contributed by atoms with van der Waals surface area (Å²) in [6.45, 7) is 9.03. The molecule has 2 aromatic rings. The predicted octanol–water partition coefficient (Wildman–Crippen LogP) is 4.91. The first-order chi connectivity index (χ1) is 12.4. The van der Waals surface area contributed by atoms with E-state index in [0.29, 0.717) is 0 Å². The summed E-state index contributed by atoms with van der Waals surface area (Å²) in [6.07, 6.45) is 10.4. The summed E-state index contributed by atoms with van der Waals surface area (Å²) in [5.74, 6) is 0.732. The average Bonchev–Trinajstić information content (AvgIpc) is 3.13. The molecule has 0 saturated carbocycles. The summed E-state index contributed by atoms with van der Waals surface area (Å²) in [6, 6.07) is 9.50. The maximum Gasteiger partial charge on any atom is 0.0456 e. The molecule has 0 amide bonds. The van der Waals surface area contributed by atoms with Crippen molar-refractivity contribution in [3.8, 4) is 0 Å². The second-order valence-electron chi connectivity index (χ2n) is 7.34. The summed E-state index contributed by atoms with van der Waals surface area (Å²) >= 11 is 0. The van der Waals surface area contributed by atoms with Gasteiger partial charge in [-0.3, -0.25) is 0 Å². The van der Waals surface area contributed by atoms with E-state index in [0.717, 1.165) is 12.0 Å².